The van der Waals surface area contributed by atoms with Crippen molar-refractivity contribution < 1.29 is 19.8 Å². The number of aldehydes is 1. The molecule has 0 saturated heterocycles. The largest absolute Gasteiger partial charge is 0.504 e. The number of carbonyl (C=O) groups excluding carboxylic acids is 2. The standard InChI is InChI=1S/C29H28N4O4/c1-18-28(36)27(29(37)30-13-14-34)33-26(32-18)16-21-5-10-24(11-6-21)25-12-7-22(17-31-25)15-20-3-8-23(9-4-20)19(2)35/h3-12,14,17,19,35-36H,13,15-16H2,1-2H3,(H,30,37). The predicted molar refractivity (Wildman–Crippen MR) is 139 cm³/mol. The van der Waals surface area contributed by atoms with Gasteiger partial charge in [-0.05, 0) is 48.6 Å². The molecule has 0 spiro atoms. The molecule has 8 nitrogen and oxygen atoms in total. The van der Waals surface area contributed by atoms with Crippen molar-refractivity contribution in [1.82, 2.24) is 20.3 Å². The average molecular weight is 497 g/mol. The monoisotopic (exact) mass is 496 g/mol. The number of carbonyl (C=O) groups is 2. The third kappa shape index (κ3) is 6.42. The molecule has 0 saturated carbocycles. The number of nitrogens with one attached hydrogen (secondary N) is 1. The van der Waals surface area contributed by atoms with E-state index in [1.165, 1.54) is 0 Å². The molecule has 2 heterocycles. The van der Waals surface area contributed by atoms with Gasteiger partial charge >= 0.3 is 0 Å². The van der Waals surface area contributed by atoms with E-state index in [2.05, 4.69) is 26.3 Å². The molecule has 188 valence electrons. The van der Waals surface area contributed by atoms with Crippen LogP contribution in [0.5, 0.6) is 5.75 Å². The minimum absolute atomic E-state index is 0.149. The number of aromatic nitrogens is 3. The molecule has 8 heteroatoms. The van der Waals surface area contributed by atoms with E-state index in [0.717, 1.165) is 39.9 Å². The molecular weight excluding hydrogens is 468 g/mol. The fraction of sp³-hybridized carbons (Fsp3) is 0.207. The van der Waals surface area contributed by atoms with Crippen LogP contribution in [0.2, 0.25) is 0 Å². The number of nitrogens with zero attached hydrogens (tertiary/aromatic N) is 3. The second kappa shape index (κ2) is 11.5. The summed E-state index contributed by atoms with van der Waals surface area (Å²) in [5.74, 6) is -0.532. The van der Waals surface area contributed by atoms with Gasteiger partial charge in [-0.25, -0.2) is 9.97 Å². The third-order valence-corrected chi connectivity index (χ3v) is 5.97. The molecule has 3 N–H and O–H groups in total. The normalized spacial score (nSPS) is 11.6. The molecule has 1 atom stereocenters. The first-order valence-electron chi connectivity index (χ1n) is 11.9. The Bertz CT molecular complexity index is 1380. The zero-order chi connectivity index (χ0) is 26.4. The van der Waals surface area contributed by atoms with Crippen molar-refractivity contribution in [3.63, 3.8) is 0 Å². The summed E-state index contributed by atoms with van der Waals surface area (Å²) in [5, 5.41) is 22.2. The summed E-state index contributed by atoms with van der Waals surface area (Å²) in [6.45, 7) is 3.19. The van der Waals surface area contributed by atoms with Crippen LogP contribution in [0.3, 0.4) is 0 Å². The van der Waals surface area contributed by atoms with Crippen LogP contribution in [0.15, 0.2) is 66.9 Å². The van der Waals surface area contributed by atoms with Crippen molar-refractivity contribution in [2.75, 3.05) is 6.54 Å². The van der Waals surface area contributed by atoms with Gasteiger partial charge in [0.2, 0.25) is 0 Å². The smallest absolute Gasteiger partial charge is 0.274 e. The van der Waals surface area contributed by atoms with Gasteiger partial charge < -0.3 is 20.3 Å². The number of aliphatic hydroxyl groups is 1. The number of benzene rings is 2. The van der Waals surface area contributed by atoms with E-state index in [4.69, 9.17) is 0 Å². The maximum atomic E-state index is 12.2. The maximum absolute atomic E-state index is 12.2. The van der Waals surface area contributed by atoms with Crippen molar-refractivity contribution >= 4 is 12.2 Å². The van der Waals surface area contributed by atoms with Crippen LogP contribution in [-0.2, 0) is 17.6 Å². The Morgan fingerprint density at radius 1 is 0.946 bits per heavy atom. The van der Waals surface area contributed by atoms with Gasteiger partial charge in [0, 0.05) is 18.2 Å². The fourth-order valence-electron chi connectivity index (χ4n) is 3.91. The highest BCUT2D eigenvalue weighted by Crippen LogP contribution is 2.22. The van der Waals surface area contributed by atoms with Gasteiger partial charge in [-0.2, -0.15) is 0 Å². The summed E-state index contributed by atoms with van der Waals surface area (Å²) in [7, 11) is 0. The molecule has 2 aromatic carbocycles. The van der Waals surface area contributed by atoms with Crippen LogP contribution in [0.4, 0.5) is 0 Å². The van der Waals surface area contributed by atoms with Crippen molar-refractivity contribution in [2.24, 2.45) is 0 Å². The van der Waals surface area contributed by atoms with E-state index in [1.807, 2.05) is 60.8 Å². The summed E-state index contributed by atoms with van der Waals surface area (Å²) in [6.07, 6.45) is 3.09. The lowest BCUT2D eigenvalue weighted by atomic mass is 10.0. The Morgan fingerprint density at radius 2 is 1.59 bits per heavy atom. The molecule has 0 bridgehead atoms. The van der Waals surface area contributed by atoms with E-state index >= 15 is 0 Å². The van der Waals surface area contributed by atoms with Gasteiger partial charge in [-0.1, -0.05) is 54.6 Å². The predicted octanol–water partition coefficient (Wildman–Crippen LogP) is 3.72. The number of pyridine rings is 1. The van der Waals surface area contributed by atoms with Gasteiger partial charge in [0.15, 0.2) is 11.4 Å². The minimum atomic E-state index is -0.627. The molecule has 0 fully saturated rings. The van der Waals surface area contributed by atoms with Gasteiger partial charge in [-0.15, -0.1) is 0 Å². The summed E-state index contributed by atoms with van der Waals surface area (Å²) in [6, 6.07) is 19.8. The Labute approximate surface area is 215 Å². The second-order valence-corrected chi connectivity index (χ2v) is 8.82. The van der Waals surface area contributed by atoms with Gasteiger partial charge in [0.1, 0.15) is 12.1 Å². The molecule has 0 radical (unpaired) electrons. The van der Waals surface area contributed by atoms with Gasteiger partial charge in [-0.3, -0.25) is 9.78 Å². The lowest BCUT2D eigenvalue weighted by Crippen LogP contribution is -2.27. The quantitative estimate of drug-likeness (QED) is 0.302. The van der Waals surface area contributed by atoms with Crippen LogP contribution in [0.25, 0.3) is 11.3 Å². The first-order valence-corrected chi connectivity index (χ1v) is 11.9. The van der Waals surface area contributed by atoms with Crippen molar-refractivity contribution in [3.05, 3.63) is 106 Å². The highest BCUT2D eigenvalue weighted by atomic mass is 16.3. The number of rotatable bonds is 9. The first-order chi connectivity index (χ1) is 17.8. The van der Waals surface area contributed by atoms with Crippen LogP contribution >= 0.6 is 0 Å². The van der Waals surface area contributed by atoms with Crippen molar-refractivity contribution in [1.29, 1.82) is 0 Å². The van der Waals surface area contributed by atoms with Crippen LogP contribution < -0.4 is 5.32 Å². The number of amides is 1. The van der Waals surface area contributed by atoms with E-state index in [0.29, 0.717) is 24.2 Å². The molecule has 0 aliphatic carbocycles. The number of hydrogen-bond acceptors (Lipinski definition) is 7. The van der Waals surface area contributed by atoms with E-state index < -0.39 is 12.0 Å². The summed E-state index contributed by atoms with van der Waals surface area (Å²) in [5.41, 5.74) is 6.04. The molecule has 2 aromatic heterocycles. The average Bonchev–Trinajstić information content (AvgIpc) is 2.90. The molecule has 0 aliphatic rings. The number of aromatic hydroxyl groups is 1. The van der Waals surface area contributed by atoms with Crippen LogP contribution in [0, 0.1) is 6.92 Å². The highest BCUT2D eigenvalue weighted by Gasteiger charge is 2.17. The lowest BCUT2D eigenvalue weighted by molar-refractivity contribution is -0.107. The Balaban J connectivity index is 1.43. The highest BCUT2D eigenvalue weighted by molar-refractivity contribution is 5.95. The maximum Gasteiger partial charge on any atom is 0.274 e. The van der Waals surface area contributed by atoms with Gasteiger partial charge in [0.25, 0.3) is 5.91 Å². The molecule has 37 heavy (non-hydrogen) atoms. The van der Waals surface area contributed by atoms with Crippen molar-refractivity contribution in [3.8, 4) is 17.0 Å². The summed E-state index contributed by atoms with van der Waals surface area (Å²) in [4.78, 5) is 35.9. The fourth-order valence-corrected chi connectivity index (χ4v) is 3.91. The molecule has 4 rings (SSSR count). The number of aliphatic hydroxyl groups excluding tert-OH is 1. The summed E-state index contributed by atoms with van der Waals surface area (Å²) >= 11 is 0. The number of aryl methyl sites for hydroxylation is 1. The topological polar surface area (TPSA) is 125 Å². The molecule has 1 amide bonds. The van der Waals surface area contributed by atoms with E-state index in [1.54, 1.807) is 13.8 Å². The first kappa shape index (κ1) is 25.7. The molecule has 1 unspecified atom stereocenters. The van der Waals surface area contributed by atoms with Crippen LogP contribution in [0.1, 0.15) is 57.3 Å². The third-order valence-electron chi connectivity index (χ3n) is 5.97. The zero-order valence-electron chi connectivity index (χ0n) is 20.7. The van der Waals surface area contributed by atoms with Crippen molar-refractivity contribution in [2.45, 2.75) is 32.8 Å². The lowest BCUT2D eigenvalue weighted by Gasteiger charge is -2.09. The van der Waals surface area contributed by atoms with Gasteiger partial charge in [0.05, 0.1) is 24.0 Å². The Morgan fingerprint density at radius 3 is 2.22 bits per heavy atom. The molecular formula is C29H28N4O4. The second-order valence-electron chi connectivity index (χ2n) is 8.82. The summed E-state index contributed by atoms with van der Waals surface area (Å²) < 4.78 is 0. The zero-order valence-corrected chi connectivity index (χ0v) is 20.7. The SMILES string of the molecule is Cc1nc(Cc2ccc(-c3ccc(Cc4ccc(C(C)O)cc4)cn3)cc2)nc(C(=O)NCC=O)c1O. The number of hydrogen-bond donors (Lipinski definition) is 3. The van der Waals surface area contributed by atoms with Crippen LogP contribution in [-0.4, -0.2) is 43.9 Å². The Hall–Kier alpha value is -4.43. The molecule has 0 aliphatic heterocycles. The van der Waals surface area contributed by atoms with E-state index in [9.17, 15) is 19.8 Å². The molecule has 4 aromatic rings. The Kier molecular flexibility index (Phi) is 8.00. The van der Waals surface area contributed by atoms with E-state index in [-0.39, 0.29) is 18.0 Å². The minimum Gasteiger partial charge on any atom is -0.504 e.